The Bertz CT molecular complexity index is 627. The fraction of sp³-hybridized carbons (Fsp3) is 0.182. The van der Waals surface area contributed by atoms with Crippen LogP contribution in [0.15, 0.2) is 21.1 Å². The quantitative estimate of drug-likeness (QED) is 0.621. The van der Waals surface area contributed by atoms with Crippen molar-refractivity contribution < 1.29 is 9.53 Å². The van der Waals surface area contributed by atoms with Gasteiger partial charge in [0.05, 0.1) is 12.3 Å². The van der Waals surface area contributed by atoms with Gasteiger partial charge in [0.2, 0.25) is 5.82 Å². The van der Waals surface area contributed by atoms with Gasteiger partial charge < -0.3 is 10.5 Å². The first-order valence-corrected chi connectivity index (χ1v) is 6.96. The molecule has 1 heterocycles. The Morgan fingerprint density at radius 1 is 1.47 bits per heavy atom. The number of nitrogens with one attached hydrogen (secondary N) is 1. The molecule has 0 bridgehead atoms. The Morgan fingerprint density at radius 3 is 2.89 bits per heavy atom. The number of rotatable bonds is 3. The number of aromatic nitrogens is 3. The highest BCUT2D eigenvalue weighted by atomic mass is 79.9. The number of nitrogen functional groups attached to an aromatic ring is 1. The Kier molecular flexibility index (Phi) is 4.20. The van der Waals surface area contributed by atoms with E-state index in [-0.39, 0.29) is 12.4 Å². The first-order chi connectivity index (χ1) is 9.02. The van der Waals surface area contributed by atoms with Crippen LogP contribution in [-0.4, -0.2) is 27.8 Å². The van der Waals surface area contributed by atoms with Gasteiger partial charge in [-0.1, -0.05) is 15.9 Å². The van der Waals surface area contributed by atoms with E-state index in [1.807, 2.05) is 6.07 Å². The Morgan fingerprint density at radius 2 is 2.21 bits per heavy atom. The summed E-state index contributed by atoms with van der Waals surface area (Å²) in [6.45, 7) is 2.00. The molecule has 6 nitrogen and oxygen atoms in total. The maximum absolute atomic E-state index is 11.5. The predicted octanol–water partition coefficient (Wildman–Crippen LogP) is 2.76. The molecule has 19 heavy (non-hydrogen) atoms. The first-order valence-electron chi connectivity index (χ1n) is 5.37. The maximum Gasteiger partial charge on any atom is 0.375 e. The summed E-state index contributed by atoms with van der Waals surface area (Å²) in [5.41, 5.74) is 7.07. The number of benzene rings is 1. The van der Waals surface area contributed by atoms with Crippen LogP contribution in [0.1, 0.15) is 17.5 Å². The largest absolute Gasteiger partial charge is 0.460 e. The van der Waals surface area contributed by atoms with Crippen molar-refractivity contribution in [3.8, 4) is 11.4 Å². The molecule has 2 aromatic rings. The van der Waals surface area contributed by atoms with Crippen LogP contribution in [0.2, 0.25) is 0 Å². The third-order valence-electron chi connectivity index (χ3n) is 2.29. The molecule has 0 radical (unpaired) electrons. The average Bonchev–Trinajstić information content (AvgIpc) is 2.83. The maximum atomic E-state index is 11.5. The topological polar surface area (TPSA) is 93.9 Å². The van der Waals surface area contributed by atoms with Crippen molar-refractivity contribution in [1.29, 1.82) is 0 Å². The van der Waals surface area contributed by atoms with E-state index in [9.17, 15) is 4.79 Å². The number of hydrogen-bond donors (Lipinski definition) is 2. The van der Waals surface area contributed by atoms with Gasteiger partial charge in [0.15, 0.2) is 5.82 Å². The summed E-state index contributed by atoms with van der Waals surface area (Å²) in [4.78, 5) is 15.6. The fourth-order valence-electron chi connectivity index (χ4n) is 1.44. The highest BCUT2D eigenvalue weighted by Crippen LogP contribution is 2.33. The summed E-state index contributed by atoms with van der Waals surface area (Å²) in [5, 5.41) is 6.51. The zero-order valence-electron chi connectivity index (χ0n) is 9.91. The molecule has 0 aliphatic carbocycles. The minimum absolute atomic E-state index is 0.0485. The van der Waals surface area contributed by atoms with Crippen LogP contribution in [0, 0.1) is 0 Å². The molecule has 8 heteroatoms. The standard InChI is InChI=1S/C11H10Br2N4O2/c1-2-19-11(18)10-15-9(16-17-10)6-3-5(12)4-7(13)8(6)14/h3-4H,2,14H2,1H3,(H,15,16,17). The Labute approximate surface area is 126 Å². The van der Waals surface area contributed by atoms with E-state index in [4.69, 9.17) is 10.5 Å². The Hall–Kier alpha value is -1.41. The van der Waals surface area contributed by atoms with Crippen molar-refractivity contribution in [2.45, 2.75) is 6.92 Å². The van der Waals surface area contributed by atoms with Crippen molar-refractivity contribution in [2.75, 3.05) is 12.3 Å². The highest BCUT2D eigenvalue weighted by Gasteiger charge is 2.16. The molecule has 0 atom stereocenters. The van der Waals surface area contributed by atoms with Gasteiger partial charge in [0.25, 0.3) is 0 Å². The molecule has 0 saturated heterocycles. The number of hydrogen-bond acceptors (Lipinski definition) is 5. The van der Waals surface area contributed by atoms with Gasteiger partial charge in [-0.05, 0) is 35.0 Å². The van der Waals surface area contributed by atoms with E-state index >= 15 is 0 Å². The average molecular weight is 390 g/mol. The number of nitrogens with two attached hydrogens (primary N) is 1. The Balaban J connectivity index is 2.41. The number of carbonyl (C=O) groups excluding carboxylic acids is 1. The molecule has 0 amide bonds. The molecular formula is C11H10Br2N4O2. The van der Waals surface area contributed by atoms with Crippen molar-refractivity contribution >= 4 is 43.5 Å². The normalized spacial score (nSPS) is 10.5. The summed E-state index contributed by atoms with van der Waals surface area (Å²) in [5.74, 6) is -0.163. The predicted molar refractivity (Wildman–Crippen MR) is 77.6 cm³/mol. The first kappa shape index (κ1) is 14.0. The third-order valence-corrected chi connectivity index (χ3v) is 3.40. The summed E-state index contributed by atoms with van der Waals surface area (Å²) >= 11 is 6.70. The molecule has 0 aliphatic rings. The van der Waals surface area contributed by atoms with E-state index in [0.29, 0.717) is 17.1 Å². The van der Waals surface area contributed by atoms with Crippen molar-refractivity contribution in [1.82, 2.24) is 15.2 Å². The van der Waals surface area contributed by atoms with Gasteiger partial charge in [-0.25, -0.2) is 9.78 Å². The number of nitrogens with zero attached hydrogens (tertiary/aromatic N) is 2. The molecule has 100 valence electrons. The second-order valence-corrected chi connectivity index (χ2v) is 5.35. The summed E-state index contributed by atoms with van der Waals surface area (Å²) < 4.78 is 6.38. The van der Waals surface area contributed by atoms with Crippen molar-refractivity contribution in [3.63, 3.8) is 0 Å². The van der Waals surface area contributed by atoms with Crippen LogP contribution >= 0.6 is 31.9 Å². The third kappa shape index (κ3) is 2.95. The second kappa shape index (κ2) is 5.70. The molecule has 0 unspecified atom stereocenters. The highest BCUT2D eigenvalue weighted by molar-refractivity contribution is 9.11. The fourth-order valence-corrected chi connectivity index (χ4v) is 2.67. The molecule has 0 spiro atoms. The molecule has 0 aliphatic heterocycles. The number of ether oxygens (including phenoxy) is 1. The number of carbonyl (C=O) groups is 1. The molecule has 2 rings (SSSR count). The second-order valence-electron chi connectivity index (χ2n) is 3.58. The van der Waals surface area contributed by atoms with Crippen molar-refractivity contribution in [3.05, 3.63) is 26.9 Å². The van der Waals surface area contributed by atoms with Gasteiger partial charge in [0.1, 0.15) is 0 Å². The lowest BCUT2D eigenvalue weighted by molar-refractivity contribution is 0.0512. The van der Waals surface area contributed by atoms with E-state index in [0.717, 1.165) is 8.95 Å². The number of H-pyrrole nitrogens is 1. The van der Waals surface area contributed by atoms with Crippen LogP contribution in [0.3, 0.4) is 0 Å². The van der Waals surface area contributed by atoms with Crippen LogP contribution in [0.4, 0.5) is 5.69 Å². The molecular weight excluding hydrogens is 380 g/mol. The zero-order valence-corrected chi connectivity index (χ0v) is 13.1. The van der Waals surface area contributed by atoms with E-state index < -0.39 is 5.97 Å². The lowest BCUT2D eigenvalue weighted by atomic mass is 10.2. The lowest BCUT2D eigenvalue weighted by Crippen LogP contribution is -2.06. The van der Waals surface area contributed by atoms with Gasteiger partial charge in [0, 0.05) is 14.5 Å². The minimum atomic E-state index is -0.547. The van der Waals surface area contributed by atoms with Crippen LogP contribution in [-0.2, 0) is 4.74 Å². The number of halogens is 2. The van der Waals surface area contributed by atoms with E-state index in [2.05, 4.69) is 47.0 Å². The summed E-state index contributed by atoms with van der Waals surface area (Å²) in [6, 6.07) is 3.59. The van der Waals surface area contributed by atoms with Crippen LogP contribution in [0.25, 0.3) is 11.4 Å². The van der Waals surface area contributed by atoms with E-state index in [1.165, 1.54) is 0 Å². The molecule has 1 aromatic carbocycles. The minimum Gasteiger partial charge on any atom is -0.460 e. The van der Waals surface area contributed by atoms with Gasteiger partial charge in [-0.2, -0.15) is 5.10 Å². The number of aromatic amines is 1. The van der Waals surface area contributed by atoms with Gasteiger partial charge in [-0.3, -0.25) is 5.10 Å². The smallest absolute Gasteiger partial charge is 0.375 e. The van der Waals surface area contributed by atoms with Crippen molar-refractivity contribution in [2.24, 2.45) is 0 Å². The lowest BCUT2D eigenvalue weighted by Gasteiger charge is -2.04. The van der Waals surface area contributed by atoms with Gasteiger partial charge in [-0.15, -0.1) is 0 Å². The molecule has 1 aromatic heterocycles. The summed E-state index contributed by atoms with van der Waals surface area (Å²) in [6.07, 6.45) is 0. The van der Waals surface area contributed by atoms with E-state index in [1.54, 1.807) is 13.0 Å². The molecule has 3 N–H and O–H groups in total. The van der Waals surface area contributed by atoms with Crippen LogP contribution in [0.5, 0.6) is 0 Å². The van der Waals surface area contributed by atoms with Crippen LogP contribution < -0.4 is 5.73 Å². The number of anilines is 1. The monoisotopic (exact) mass is 388 g/mol. The van der Waals surface area contributed by atoms with Gasteiger partial charge >= 0.3 is 5.97 Å². The number of esters is 1. The summed E-state index contributed by atoms with van der Waals surface area (Å²) in [7, 11) is 0. The zero-order chi connectivity index (χ0) is 14.0. The SMILES string of the molecule is CCOC(=O)c1nc(-c2cc(Br)cc(Br)c2N)n[nH]1. The molecule has 0 fully saturated rings. The molecule has 0 saturated carbocycles.